The van der Waals surface area contributed by atoms with E-state index < -0.39 is 0 Å². The number of nitrogens with zero attached hydrogens (tertiary/aromatic N) is 2. The highest BCUT2D eigenvalue weighted by atomic mass is 15.1. The molecule has 2 heterocycles. The molecule has 0 atom stereocenters. The van der Waals surface area contributed by atoms with E-state index in [0.29, 0.717) is 0 Å². The van der Waals surface area contributed by atoms with Crippen molar-refractivity contribution in [2.24, 2.45) is 0 Å². The molecule has 2 aliphatic rings. The van der Waals surface area contributed by atoms with Gasteiger partial charge in [-0.3, -0.25) is 0 Å². The van der Waals surface area contributed by atoms with E-state index in [1.54, 1.807) is 0 Å². The van der Waals surface area contributed by atoms with Gasteiger partial charge in [0.25, 0.3) is 0 Å². The van der Waals surface area contributed by atoms with Gasteiger partial charge < -0.3 is 9.47 Å². The van der Waals surface area contributed by atoms with Crippen LogP contribution in [0.2, 0.25) is 0 Å². The van der Waals surface area contributed by atoms with Crippen LogP contribution in [0.15, 0.2) is 217 Å². The highest BCUT2D eigenvalue weighted by molar-refractivity contribution is 6.14. The van der Waals surface area contributed by atoms with Crippen molar-refractivity contribution in [1.29, 1.82) is 0 Å². The third-order valence-electron chi connectivity index (χ3n) is 12.4. The molecule has 0 unspecified atom stereocenters. The molecule has 7 aromatic rings. The standard InChI is InChI=1S/C57H50N2/c1-39-18-15-16-37-58(50-23-13-8-14-24-50)43(5)42(4)56(41(3)40(39)2)49-33-36-55-54(38-49)53-26-17-25-52(48-21-11-7-12-22-48)57(53)59(55)51-34-31-47(32-35-51)46-29-27-45(28-30-46)44-19-9-6-10-20-44/h6-15,17-27,29,31-36,38H,1-2,16,28,30,37H2,3-5H3/b18-15-,43-42-,56-41+. The fourth-order valence-corrected chi connectivity index (χ4v) is 9.06. The van der Waals surface area contributed by atoms with Crippen molar-refractivity contribution in [2.45, 2.75) is 40.0 Å². The van der Waals surface area contributed by atoms with Crippen LogP contribution in [0.1, 0.15) is 56.7 Å². The summed E-state index contributed by atoms with van der Waals surface area (Å²) in [7, 11) is 0. The predicted molar refractivity (Wildman–Crippen MR) is 255 cm³/mol. The number of hydrogen-bond acceptors (Lipinski definition) is 1. The van der Waals surface area contributed by atoms with E-state index in [1.807, 2.05) is 0 Å². The van der Waals surface area contributed by atoms with Gasteiger partial charge in [0.2, 0.25) is 0 Å². The highest BCUT2D eigenvalue weighted by Gasteiger charge is 2.22. The number of benzene rings is 6. The molecule has 0 fully saturated rings. The van der Waals surface area contributed by atoms with Gasteiger partial charge in [0.05, 0.1) is 11.0 Å². The first-order valence-corrected chi connectivity index (χ1v) is 20.8. The summed E-state index contributed by atoms with van der Waals surface area (Å²) in [6, 6.07) is 55.3. The lowest BCUT2D eigenvalue weighted by molar-refractivity contribution is 0.883. The minimum Gasteiger partial charge on any atom is -0.345 e. The van der Waals surface area contributed by atoms with Crippen LogP contribution in [-0.2, 0) is 0 Å². The molecular formula is C57H50N2. The summed E-state index contributed by atoms with van der Waals surface area (Å²) in [5.74, 6) is 0. The Morgan fingerprint density at radius 2 is 1.14 bits per heavy atom. The molecule has 2 heteroatoms. The van der Waals surface area contributed by atoms with Crippen LogP contribution in [-0.4, -0.2) is 11.1 Å². The average Bonchev–Trinajstić information content (AvgIpc) is 3.63. The number of fused-ring (bicyclic) bond motifs is 3. The van der Waals surface area contributed by atoms with Crippen LogP contribution in [0.25, 0.3) is 55.3 Å². The summed E-state index contributed by atoms with van der Waals surface area (Å²) in [4.78, 5) is 2.45. The van der Waals surface area contributed by atoms with Gasteiger partial charge >= 0.3 is 0 Å². The average molecular weight is 763 g/mol. The van der Waals surface area contributed by atoms with Gasteiger partial charge in [0, 0.05) is 40.0 Å². The van der Waals surface area contributed by atoms with Gasteiger partial charge in [-0.2, -0.15) is 0 Å². The summed E-state index contributed by atoms with van der Waals surface area (Å²) in [5, 5.41) is 2.45. The molecule has 59 heavy (non-hydrogen) atoms. The molecule has 0 amide bonds. The topological polar surface area (TPSA) is 8.17 Å². The molecule has 288 valence electrons. The minimum atomic E-state index is 0.867. The first-order chi connectivity index (χ1) is 28.9. The zero-order valence-electron chi connectivity index (χ0n) is 34.4. The van der Waals surface area contributed by atoms with Gasteiger partial charge in [0.15, 0.2) is 0 Å². The Labute approximate surface area is 349 Å². The van der Waals surface area contributed by atoms with Crippen LogP contribution in [0.4, 0.5) is 5.69 Å². The van der Waals surface area contributed by atoms with Gasteiger partial charge in [0.1, 0.15) is 0 Å². The highest BCUT2D eigenvalue weighted by Crippen LogP contribution is 2.42. The van der Waals surface area contributed by atoms with Crippen LogP contribution >= 0.6 is 0 Å². The van der Waals surface area contributed by atoms with E-state index in [4.69, 9.17) is 0 Å². The third kappa shape index (κ3) is 7.17. The molecule has 0 spiro atoms. The zero-order chi connectivity index (χ0) is 40.5. The van der Waals surface area contributed by atoms with E-state index >= 15 is 0 Å². The summed E-state index contributed by atoms with van der Waals surface area (Å²) >= 11 is 0. The van der Waals surface area contributed by atoms with Crippen LogP contribution in [0, 0.1) is 0 Å². The van der Waals surface area contributed by atoms with E-state index in [2.05, 4.69) is 219 Å². The smallest absolute Gasteiger partial charge is 0.0619 e. The molecule has 1 aliphatic carbocycles. The van der Waals surface area contributed by atoms with Gasteiger partial charge in [-0.15, -0.1) is 0 Å². The maximum Gasteiger partial charge on any atom is 0.0619 e. The Bertz CT molecular complexity index is 2890. The van der Waals surface area contributed by atoms with Gasteiger partial charge in [-0.25, -0.2) is 0 Å². The lowest BCUT2D eigenvalue weighted by Crippen LogP contribution is -2.23. The van der Waals surface area contributed by atoms with Crippen molar-refractivity contribution in [3.05, 3.63) is 234 Å². The first-order valence-electron chi connectivity index (χ1n) is 20.8. The molecule has 1 aliphatic heterocycles. The number of rotatable bonds is 6. The second-order valence-electron chi connectivity index (χ2n) is 15.8. The zero-order valence-corrected chi connectivity index (χ0v) is 34.4. The Kier molecular flexibility index (Phi) is 10.3. The molecule has 9 rings (SSSR count). The van der Waals surface area contributed by atoms with Crippen molar-refractivity contribution in [3.8, 4) is 16.8 Å². The summed E-state index contributed by atoms with van der Waals surface area (Å²) < 4.78 is 2.47. The second-order valence-corrected chi connectivity index (χ2v) is 15.8. The van der Waals surface area contributed by atoms with Crippen molar-refractivity contribution in [1.82, 2.24) is 4.57 Å². The Balaban J connectivity index is 1.21. The lowest BCUT2D eigenvalue weighted by atomic mass is 9.87. The maximum absolute atomic E-state index is 4.60. The first kappa shape index (κ1) is 37.7. The summed E-state index contributed by atoms with van der Waals surface area (Å²) in [6.45, 7) is 16.7. The Hall–Kier alpha value is -6.90. The fourth-order valence-electron chi connectivity index (χ4n) is 9.06. The SMILES string of the molecule is C=C1/C=C\CCN(c2ccccc2)/C(C)=C(C)\C(c2ccc3c(c2)c2cccc(-c4ccccc4)c2n3-c2ccc(C3=CC=C(c4ccccc4)CC3)cc2)=C(\C)C1=C. The van der Waals surface area contributed by atoms with Crippen molar-refractivity contribution < 1.29 is 0 Å². The normalized spacial score (nSPS) is 18.5. The monoisotopic (exact) mass is 762 g/mol. The quantitative estimate of drug-likeness (QED) is 0.164. The minimum absolute atomic E-state index is 0.867. The maximum atomic E-state index is 4.60. The van der Waals surface area contributed by atoms with Crippen molar-refractivity contribution in [3.63, 3.8) is 0 Å². The molecule has 0 bridgehead atoms. The molecule has 1 aromatic heterocycles. The number of para-hydroxylation sites is 2. The van der Waals surface area contributed by atoms with Gasteiger partial charge in [-0.1, -0.05) is 153 Å². The molecule has 0 N–H and O–H groups in total. The van der Waals surface area contributed by atoms with Crippen molar-refractivity contribution in [2.75, 3.05) is 11.4 Å². The van der Waals surface area contributed by atoms with Gasteiger partial charge in [-0.05, 0) is 138 Å². The van der Waals surface area contributed by atoms with E-state index in [-0.39, 0.29) is 0 Å². The van der Waals surface area contributed by atoms with Crippen molar-refractivity contribution >= 4 is 44.2 Å². The molecule has 0 saturated carbocycles. The number of anilines is 1. The fraction of sp³-hybridized carbons (Fsp3) is 0.123. The van der Waals surface area contributed by atoms with E-state index in [0.717, 1.165) is 48.2 Å². The lowest BCUT2D eigenvalue weighted by Gasteiger charge is -2.28. The largest absolute Gasteiger partial charge is 0.345 e. The van der Waals surface area contributed by atoms with E-state index in [1.165, 1.54) is 83.3 Å². The molecule has 0 saturated heterocycles. The second kappa shape index (κ2) is 16.2. The van der Waals surface area contributed by atoms with Crippen LogP contribution < -0.4 is 4.90 Å². The number of hydrogen-bond donors (Lipinski definition) is 0. The molecule has 0 radical (unpaired) electrons. The number of aromatic nitrogens is 1. The molecule has 2 nitrogen and oxygen atoms in total. The predicted octanol–water partition coefficient (Wildman–Crippen LogP) is 15.4. The molecular weight excluding hydrogens is 713 g/mol. The molecule has 6 aromatic carbocycles. The summed E-state index contributed by atoms with van der Waals surface area (Å²) in [5.41, 5.74) is 20.4. The third-order valence-corrected chi connectivity index (χ3v) is 12.4. The summed E-state index contributed by atoms with van der Waals surface area (Å²) in [6.07, 6.45) is 12.0. The van der Waals surface area contributed by atoms with Crippen LogP contribution in [0.5, 0.6) is 0 Å². The Morgan fingerprint density at radius 1 is 0.525 bits per heavy atom. The van der Waals surface area contributed by atoms with E-state index in [9.17, 15) is 0 Å². The Morgan fingerprint density at radius 3 is 1.80 bits per heavy atom. The van der Waals surface area contributed by atoms with Crippen LogP contribution in [0.3, 0.4) is 0 Å². The number of allylic oxidation sites excluding steroid dienone is 11.